The molecule has 0 saturated heterocycles. The van der Waals surface area contributed by atoms with Gasteiger partial charge in [0, 0.05) is 25.4 Å². The summed E-state index contributed by atoms with van der Waals surface area (Å²) in [6.45, 7) is 4.68. The van der Waals surface area contributed by atoms with Gasteiger partial charge in [-0.15, -0.1) is 0 Å². The van der Waals surface area contributed by atoms with E-state index in [9.17, 15) is 14.4 Å². The molecule has 1 unspecified atom stereocenters. The van der Waals surface area contributed by atoms with Crippen molar-refractivity contribution < 1.29 is 29.0 Å². The quantitative estimate of drug-likeness (QED) is 0.374. The van der Waals surface area contributed by atoms with Crippen LogP contribution in [0.1, 0.15) is 43.7 Å². The third-order valence-electron chi connectivity index (χ3n) is 5.95. The first kappa shape index (κ1) is 26.2. The standard InChI is InChI=1S/C27H34N2O6/c1-18(2)13-19(14-25(30)28-11-12-34-17-26(31)32)15-29-27(33)35-16-24-22-9-5-3-7-20(22)21-8-4-6-10-23(21)24/h3-10,18-19,24H,11-17H2,1-2H3,(H,28,30)(H,29,33)(H,31,32). The molecule has 1 aliphatic carbocycles. The second kappa shape index (κ2) is 12.9. The summed E-state index contributed by atoms with van der Waals surface area (Å²) in [5, 5.41) is 14.1. The van der Waals surface area contributed by atoms with Gasteiger partial charge in [-0.25, -0.2) is 9.59 Å². The molecule has 3 rings (SSSR count). The van der Waals surface area contributed by atoms with Crippen molar-refractivity contribution in [1.82, 2.24) is 10.6 Å². The molecule has 0 radical (unpaired) electrons. The lowest BCUT2D eigenvalue weighted by molar-refractivity contribution is -0.142. The average molecular weight is 483 g/mol. The number of carboxylic acid groups (broad SMARTS) is 1. The molecule has 0 aliphatic heterocycles. The van der Waals surface area contributed by atoms with Crippen molar-refractivity contribution in [2.75, 3.05) is 32.9 Å². The molecule has 188 valence electrons. The van der Waals surface area contributed by atoms with E-state index in [-0.39, 0.29) is 43.9 Å². The number of hydrogen-bond acceptors (Lipinski definition) is 5. The lowest BCUT2D eigenvalue weighted by atomic mass is 9.94. The van der Waals surface area contributed by atoms with E-state index in [1.54, 1.807) is 0 Å². The van der Waals surface area contributed by atoms with E-state index < -0.39 is 18.7 Å². The Bertz CT molecular complexity index is 977. The first-order chi connectivity index (χ1) is 16.8. The lowest BCUT2D eigenvalue weighted by Crippen LogP contribution is -2.35. The van der Waals surface area contributed by atoms with Gasteiger partial charge in [-0.1, -0.05) is 62.4 Å². The first-order valence-corrected chi connectivity index (χ1v) is 12.0. The van der Waals surface area contributed by atoms with E-state index in [4.69, 9.17) is 14.6 Å². The Kier molecular flexibility index (Phi) is 9.66. The molecule has 0 heterocycles. The van der Waals surface area contributed by atoms with Crippen LogP contribution in [0.25, 0.3) is 11.1 Å². The van der Waals surface area contributed by atoms with Crippen molar-refractivity contribution in [3.63, 3.8) is 0 Å². The van der Waals surface area contributed by atoms with Gasteiger partial charge < -0.3 is 25.2 Å². The van der Waals surface area contributed by atoms with E-state index in [1.165, 1.54) is 11.1 Å². The molecule has 8 heteroatoms. The summed E-state index contributed by atoms with van der Waals surface area (Å²) in [4.78, 5) is 35.2. The molecule has 0 fully saturated rings. The molecule has 2 aromatic rings. The molecule has 3 N–H and O–H groups in total. The van der Waals surface area contributed by atoms with Crippen LogP contribution in [0.5, 0.6) is 0 Å². The second-order valence-electron chi connectivity index (χ2n) is 9.20. The van der Waals surface area contributed by atoms with Crippen molar-refractivity contribution in [2.45, 2.75) is 32.6 Å². The molecule has 35 heavy (non-hydrogen) atoms. The van der Waals surface area contributed by atoms with E-state index in [0.717, 1.165) is 17.5 Å². The fourth-order valence-electron chi connectivity index (χ4n) is 4.54. The minimum Gasteiger partial charge on any atom is -0.480 e. The summed E-state index contributed by atoms with van der Waals surface area (Å²) >= 11 is 0. The zero-order valence-corrected chi connectivity index (χ0v) is 20.3. The average Bonchev–Trinajstić information content (AvgIpc) is 3.14. The molecule has 1 aliphatic rings. The number of ether oxygens (including phenoxy) is 2. The molecule has 0 saturated carbocycles. The highest BCUT2D eigenvalue weighted by atomic mass is 16.5. The normalized spacial score (nSPS) is 13.1. The van der Waals surface area contributed by atoms with Crippen molar-refractivity contribution in [1.29, 1.82) is 0 Å². The van der Waals surface area contributed by atoms with Crippen LogP contribution in [0.2, 0.25) is 0 Å². The summed E-state index contributed by atoms with van der Waals surface area (Å²) < 4.78 is 10.5. The summed E-state index contributed by atoms with van der Waals surface area (Å²) in [7, 11) is 0. The Hall–Kier alpha value is -3.39. The summed E-state index contributed by atoms with van der Waals surface area (Å²) in [6, 6.07) is 16.4. The van der Waals surface area contributed by atoms with Gasteiger partial charge in [0.05, 0.1) is 6.61 Å². The third kappa shape index (κ3) is 7.82. The van der Waals surface area contributed by atoms with E-state index in [0.29, 0.717) is 12.5 Å². The van der Waals surface area contributed by atoms with Crippen LogP contribution >= 0.6 is 0 Å². The van der Waals surface area contributed by atoms with Crippen LogP contribution in [0, 0.1) is 11.8 Å². The molecule has 2 amide bonds. The van der Waals surface area contributed by atoms with Crippen LogP contribution in [0.15, 0.2) is 48.5 Å². The fourth-order valence-corrected chi connectivity index (χ4v) is 4.54. The molecular formula is C27H34N2O6. The highest BCUT2D eigenvalue weighted by molar-refractivity contribution is 5.79. The van der Waals surface area contributed by atoms with Crippen molar-refractivity contribution in [3.8, 4) is 11.1 Å². The predicted octanol–water partition coefficient (Wildman–Crippen LogP) is 3.79. The van der Waals surface area contributed by atoms with Gasteiger partial charge in [0.1, 0.15) is 13.2 Å². The zero-order chi connectivity index (χ0) is 25.2. The van der Waals surface area contributed by atoms with Gasteiger partial charge in [-0.3, -0.25) is 4.79 Å². The van der Waals surface area contributed by atoms with Gasteiger partial charge in [-0.2, -0.15) is 0 Å². The number of alkyl carbamates (subject to hydrolysis) is 1. The largest absolute Gasteiger partial charge is 0.480 e. The van der Waals surface area contributed by atoms with E-state index >= 15 is 0 Å². The number of hydrogen-bond donors (Lipinski definition) is 3. The molecular weight excluding hydrogens is 448 g/mol. The number of amides is 2. The summed E-state index contributed by atoms with van der Waals surface area (Å²) in [5.74, 6) is -0.906. The fraction of sp³-hybridized carbons (Fsp3) is 0.444. The smallest absolute Gasteiger partial charge is 0.407 e. The SMILES string of the molecule is CC(C)CC(CNC(=O)OCC1c2ccccc2-c2ccccc21)CC(=O)NCCOCC(=O)O. The third-order valence-corrected chi connectivity index (χ3v) is 5.95. The molecule has 0 aromatic heterocycles. The number of carbonyl (C=O) groups is 3. The monoisotopic (exact) mass is 482 g/mol. The summed E-state index contributed by atoms with van der Waals surface area (Å²) in [6.07, 6.45) is 0.524. The van der Waals surface area contributed by atoms with Crippen LogP contribution in [-0.2, 0) is 19.1 Å². The van der Waals surface area contributed by atoms with Gasteiger partial charge in [-0.05, 0) is 40.5 Å². The van der Waals surface area contributed by atoms with Gasteiger partial charge in [0.15, 0.2) is 0 Å². The minimum absolute atomic E-state index is 0.00580. The second-order valence-corrected chi connectivity index (χ2v) is 9.20. The lowest BCUT2D eigenvalue weighted by Gasteiger charge is -2.20. The van der Waals surface area contributed by atoms with Gasteiger partial charge in [0.2, 0.25) is 5.91 Å². The Morgan fingerprint density at radius 3 is 2.20 bits per heavy atom. The van der Waals surface area contributed by atoms with Crippen LogP contribution in [-0.4, -0.2) is 56.0 Å². The number of fused-ring (bicyclic) bond motifs is 3. The first-order valence-electron chi connectivity index (χ1n) is 12.0. The highest BCUT2D eigenvalue weighted by Crippen LogP contribution is 2.44. The van der Waals surface area contributed by atoms with Crippen molar-refractivity contribution in [2.24, 2.45) is 11.8 Å². The Balaban J connectivity index is 1.47. The number of carbonyl (C=O) groups excluding carboxylic acids is 2. The highest BCUT2D eigenvalue weighted by Gasteiger charge is 2.29. The maximum absolute atomic E-state index is 12.5. The van der Waals surface area contributed by atoms with E-state index in [2.05, 4.69) is 48.7 Å². The number of benzene rings is 2. The zero-order valence-electron chi connectivity index (χ0n) is 20.3. The van der Waals surface area contributed by atoms with E-state index in [1.807, 2.05) is 24.3 Å². The molecule has 0 bridgehead atoms. The molecule has 8 nitrogen and oxygen atoms in total. The predicted molar refractivity (Wildman–Crippen MR) is 132 cm³/mol. The van der Waals surface area contributed by atoms with Crippen molar-refractivity contribution >= 4 is 18.0 Å². The van der Waals surface area contributed by atoms with Crippen LogP contribution in [0.3, 0.4) is 0 Å². The number of nitrogens with one attached hydrogen (secondary N) is 2. The Labute approximate surface area is 206 Å². The van der Waals surface area contributed by atoms with Crippen molar-refractivity contribution in [3.05, 3.63) is 59.7 Å². The number of carboxylic acids is 1. The van der Waals surface area contributed by atoms with Crippen LogP contribution < -0.4 is 10.6 Å². The maximum Gasteiger partial charge on any atom is 0.407 e. The van der Waals surface area contributed by atoms with Crippen LogP contribution in [0.4, 0.5) is 4.79 Å². The molecule has 2 aromatic carbocycles. The number of rotatable bonds is 13. The molecule has 0 spiro atoms. The van der Waals surface area contributed by atoms with Gasteiger partial charge >= 0.3 is 12.1 Å². The van der Waals surface area contributed by atoms with Gasteiger partial charge in [0.25, 0.3) is 0 Å². The Morgan fingerprint density at radius 1 is 0.971 bits per heavy atom. The number of aliphatic carboxylic acids is 1. The summed E-state index contributed by atoms with van der Waals surface area (Å²) in [5.41, 5.74) is 4.66. The minimum atomic E-state index is -1.05. The topological polar surface area (TPSA) is 114 Å². The Morgan fingerprint density at radius 2 is 1.60 bits per heavy atom. The maximum atomic E-state index is 12.5. The molecule has 1 atom stereocenters.